The van der Waals surface area contributed by atoms with Crippen LogP contribution in [-0.4, -0.2) is 10.7 Å². The first-order valence-electron chi connectivity index (χ1n) is 4.95. The topological polar surface area (TPSA) is 38.9 Å². The van der Waals surface area contributed by atoms with E-state index in [-0.39, 0.29) is 0 Å². The summed E-state index contributed by atoms with van der Waals surface area (Å²) in [5.74, 6) is 2.17. The molecule has 14 heavy (non-hydrogen) atoms. The van der Waals surface area contributed by atoms with Gasteiger partial charge in [-0.3, -0.25) is 4.98 Å². The minimum Gasteiger partial charge on any atom is -0.398 e. The number of hydrogen-bond donors (Lipinski definition) is 1. The number of hydrogen-bond acceptors (Lipinski definition) is 3. The third kappa shape index (κ3) is 2.64. The molecule has 1 heterocycles. The fourth-order valence-electron chi connectivity index (χ4n) is 1.25. The second-order valence-corrected chi connectivity index (χ2v) is 4.58. The van der Waals surface area contributed by atoms with E-state index in [0.29, 0.717) is 0 Å². The summed E-state index contributed by atoms with van der Waals surface area (Å²) in [7, 11) is 0. The van der Waals surface area contributed by atoms with Crippen LogP contribution in [0.5, 0.6) is 0 Å². The minimum atomic E-state index is 0.895. The van der Waals surface area contributed by atoms with Crippen LogP contribution in [0.25, 0.3) is 0 Å². The lowest BCUT2D eigenvalue weighted by atomic mass is 10.1. The molecule has 0 bridgehead atoms. The maximum Gasteiger partial charge on any atom is 0.0552 e. The molecular weight excluding hydrogens is 192 g/mol. The molecule has 2 N–H and O–H groups in total. The number of anilines is 1. The summed E-state index contributed by atoms with van der Waals surface area (Å²) >= 11 is 1.92. The molecule has 78 valence electrons. The van der Waals surface area contributed by atoms with Gasteiger partial charge >= 0.3 is 0 Å². The number of pyridine rings is 1. The zero-order valence-electron chi connectivity index (χ0n) is 9.13. The zero-order chi connectivity index (χ0) is 10.6. The van der Waals surface area contributed by atoms with E-state index in [0.717, 1.165) is 28.3 Å². The lowest BCUT2D eigenvalue weighted by Crippen LogP contribution is -2.00. The number of aryl methyl sites for hydroxylation is 1. The Morgan fingerprint density at radius 1 is 1.43 bits per heavy atom. The first kappa shape index (κ1) is 11.4. The van der Waals surface area contributed by atoms with E-state index in [1.165, 1.54) is 12.2 Å². The van der Waals surface area contributed by atoms with Crippen molar-refractivity contribution in [3.8, 4) is 0 Å². The standard InChI is InChI=1S/C11H18N2S/c1-4-5-14-7-10-9(3)11(12)8(2)6-13-10/h6H,4-5,7H2,1-3H3,(H2,12,13). The molecule has 0 fully saturated rings. The predicted octanol–water partition coefficient (Wildman–Crippen LogP) is 2.92. The quantitative estimate of drug-likeness (QED) is 0.777. The number of nitrogen functional groups attached to an aromatic ring is 1. The Morgan fingerprint density at radius 3 is 2.79 bits per heavy atom. The van der Waals surface area contributed by atoms with Crippen molar-refractivity contribution in [1.29, 1.82) is 0 Å². The molecule has 0 saturated heterocycles. The molecule has 0 radical (unpaired) electrons. The monoisotopic (exact) mass is 210 g/mol. The van der Waals surface area contributed by atoms with Gasteiger partial charge < -0.3 is 5.73 Å². The molecule has 1 rings (SSSR count). The highest BCUT2D eigenvalue weighted by molar-refractivity contribution is 7.98. The van der Waals surface area contributed by atoms with Gasteiger partial charge in [-0.05, 0) is 37.1 Å². The Bertz CT molecular complexity index is 310. The largest absolute Gasteiger partial charge is 0.398 e. The first-order chi connectivity index (χ1) is 6.66. The Morgan fingerprint density at radius 2 is 2.14 bits per heavy atom. The van der Waals surface area contributed by atoms with E-state index in [2.05, 4.69) is 18.8 Å². The van der Waals surface area contributed by atoms with Gasteiger partial charge in [0.1, 0.15) is 0 Å². The SMILES string of the molecule is CCCSCc1ncc(C)c(N)c1C. The lowest BCUT2D eigenvalue weighted by molar-refractivity contribution is 1.08. The van der Waals surface area contributed by atoms with Crippen LogP contribution in [0.1, 0.15) is 30.2 Å². The van der Waals surface area contributed by atoms with Crippen LogP contribution >= 0.6 is 11.8 Å². The van der Waals surface area contributed by atoms with Crippen LogP contribution in [0, 0.1) is 13.8 Å². The van der Waals surface area contributed by atoms with Crippen LogP contribution in [0.3, 0.4) is 0 Å². The van der Waals surface area contributed by atoms with E-state index in [9.17, 15) is 0 Å². The van der Waals surface area contributed by atoms with E-state index in [1.54, 1.807) is 0 Å². The molecule has 0 atom stereocenters. The average molecular weight is 210 g/mol. The Hall–Kier alpha value is -0.700. The van der Waals surface area contributed by atoms with Crippen molar-refractivity contribution in [3.05, 3.63) is 23.0 Å². The summed E-state index contributed by atoms with van der Waals surface area (Å²) in [6.45, 7) is 6.24. The highest BCUT2D eigenvalue weighted by atomic mass is 32.2. The van der Waals surface area contributed by atoms with Gasteiger partial charge in [-0.15, -0.1) is 0 Å². The molecule has 0 aliphatic heterocycles. The second kappa shape index (κ2) is 5.25. The van der Waals surface area contributed by atoms with E-state index < -0.39 is 0 Å². The number of rotatable bonds is 4. The number of nitrogens with two attached hydrogens (primary N) is 1. The molecule has 0 saturated carbocycles. The van der Waals surface area contributed by atoms with Crippen molar-refractivity contribution in [3.63, 3.8) is 0 Å². The summed E-state index contributed by atoms with van der Waals surface area (Å²) in [4.78, 5) is 4.41. The Kier molecular flexibility index (Phi) is 4.26. The molecule has 2 nitrogen and oxygen atoms in total. The molecule has 0 unspecified atom stereocenters. The van der Waals surface area contributed by atoms with E-state index in [1.807, 2.05) is 24.9 Å². The molecule has 0 aliphatic carbocycles. The van der Waals surface area contributed by atoms with Crippen LogP contribution in [0.15, 0.2) is 6.20 Å². The minimum absolute atomic E-state index is 0.895. The van der Waals surface area contributed by atoms with Crippen molar-refractivity contribution in [2.45, 2.75) is 32.9 Å². The van der Waals surface area contributed by atoms with E-state index >= 15 is 0 Å². The van der Waals surface area contributed by atoms with Crippen LogP contribution in [-0.2, 0) is 5.75 Å². The maximum absolute atomic E-state index is 5.94. The van der Waals surface area contributed by atoms with Crippen molar-refractivity contribution in [1.82, 2.24) is 4.98 Å². The summed E-state index contributed by atoms with van der Waals surface area (Å²) in [5, 5.41) is 0. The molecule has 1 aromatic rings. The molecule has 0 spiro atoms. The van der Waals surface area contributed by atoms with Crippen LogP contribution in [0.4, 0.5) is 5.69 Å². The summed E-state index contributed by atoms with van der Waals surface area (Å²) < 4.78 is 0. The predicted molar refractivity (Wildman–Crippen MR) is 64.6 cm³/mol. The van der Waals surface area contributed by atoms with Gasteiger partial charge in [-0.1, -0.05) is 6.92 Å². The molecule has 3 heteroatoms. The molecule has 0 aromatic carbocycles. The average Bonchev–Trinajstić information content (AvgIpc) is 2.18. The Balaban J connectivity index is 2.73. The van der Waals surface area contributed by atoms with Crippen molar-refractivity contribution >= 4 is 17.4 Å². The highest BCUT2D eigenvalue weighted by Crippen LogP contribution is 2.21. The Labute approximate surface area is 90.3 Å². The molecular formula is C11H18N2S. The van der Waals surface area contributed by atoms with Gasteiger partial charge in [-0.25, -0.2) is 0 Å². The van der Waals surface area contributed by atoms with Gasteiger partial charge in [0.05, 0.1) is 5.69 Å². The highest BCUT2D eigenvalue weighted by Gasteiger charge is 2.05. The van der Waals surface area contributed by atoms with Gasteiger partial charge in [0.15, 0.2) is 0 Å². The number of thioether (sulfide) groups is 1. The van der Waals surface area contributed by atoms with Gasteiger partial charge in [0.25, 0.3) is 0 Å². The van der Waals surface area contributed by atoms with Gasteiger partial charge in [-0.2, -0.15) is 11.8 Å². The third-order valence-electron chi connectivity index (χ3n) is 2.26. The molecule has 0 aliphatic rings. The lowest BCUT2D eigenvalue weighted by Gasteiger charge is -2.09. The fourth-order valence-corrected chi connectivity index (χ4v) is 2.17. The van der Waals surface area contributed by atoms with E-state index in [4.69, 9.17) is 5.73 Å². The summed E-state index contributed by atoms with van der Waals surface area (Å²) in [6, 6.07) is 0. The first-order valence-corrected chi connectivity index (χ1v) is 6.10. The third-order valence-corrected chi connectivity index (χ3v) is 3.44. The molecule has 0 amide bonds. The second-order valence-electron chi connectivity index (χ2n) is 3.48. The van der Waals surface area contributed by atoms with Crippen molar-refractivity contribution < 1.29 is 0 Å². The maximum atomic E-state index is 5.94. The zero-order valence-corrected chi connectivity index (χ0v) is 9.95. The summed E-state index contributed by atoms with van der Waals surface area (Å²) in [6.07, 6.45) is 3.08. The smallest absolute Gasteiger partial charge is 0.0552 e. The van der Waals surface area contributed by atoms with Crippen LogP contribution < -0.4 is 5.73 Å². The normalized spacial score (nSPS) is 10.5. The van der Waals surface area contributed by atoms with Gasteiger partial charge in [0.2, 0.25) is 0 Å². The number of nitrogens with zero attached hydrogens (tertiary/aromatic N) is 1. The fraction of sp³-hybridized carbons (Fsp3) is 0.545. The van der Waals surface area contributed by atoms with Gasteiger partial charge in [0, 0.05) is 17.6 Å². The number of aromatic nitrogens is 1. The van der Waals surface area contributed by atoms with Crippen molar-refractivity contribution in [2.24, 2.45) is 0 Å². The van der Waals surface area contributed by atoms with Crippen LogP contribution in [0.2, 0.25) is 0 Å². The summed E-state index contributed by atoms with van der Waals surface area (Å²) in [5.41, 5.74) is 10.2. The molecule has 1 aromatic heterocycles. The van der Waals surface area contributed by atoms with Crippen molar-refractivity contribution in [2.75, 3.05) is 11.5 Å².